The summed E-state index contributed by atoms with van der Waals surface area (Å²) in [5, 5.41) is 23.1. The summed E-state index contributed by atoms with van der Waals surface area (Å²) in [4.78, 5) is 47.7. The minimum absolute atomic E-state index is 0.0340. The fourth-order valence-corrected chi connectivity index (χ4v) is 2.93. The third kappa shape index (κ3) is 3.92. The summed E-state index contributed by atoms with van der Waals surface area (Å²) < 4.78 is 2.97. The number of aromatic nitrogens is 2. The minimum Gasteiger partial charge on any atom is -0.478 e. The van der Waals surface area contributed by atoms with Crippen molar-refractivity contribution in [1.82, 2.24) is 9.36 Å². The van der Waals surface area contributed by atoms with Crippen molar-refractivity contribution < 1.29 is 24.6 Å². The molecule has 0 bridgehead atoms. The number of nitrogens with zero attached hydrogens (tertiary/aromatic N) is 2. The number of hydrogen-bond donors (Lipinski definition) is 4. The van der Waals surface area contributed by atoms with Gasteiger partial charge in [0.1, 0.15) is 5.69 Å². The summed E-state index contributed by atoms with van der Waals surface area (Å²) in [5.41, 5.74) is 0.0433. The molecule has 30 heavy (non-hydrogen) atoms. The Morgan fingerprint density at radius 2 is 1.47 bits per heavy atom. The molecular formula is C20H18N4O6. The lowest BCUT2D eigenvalue weighted by Gasteiger charge is -2.09. The molecule has 0 aliphatic rings. The zero-order valence-electron chi connectivity index (χ0n) is 16.0. The number of carboxylic acids is 2. The van der Waals surface area contributed by atoms with E-state index in [0.29, 0.717) is 11.4 Å². The van der Waals surface area contributed by atoms with Crippen molar-refractivity contribution in [3.05, 3.63) is 75.7 Å². The van der Waals surface area contributed by atoms with Crippen LogP contribution in [0.1, 0.15) is 26.4 Å². The second-order valence-electron chi connectivity index (χ2n) is 6.42. The van der Waals surface area contributed by atoms with E-state index in [1.54, 1.807) is 42.9 Å². The third-order valence-electron chi connectivity index (χ3n) is 4.48. The van der Waals surface area contributed by atoms with E-state index in [9.17, 15) is 19.2 Å². The first kappa shape index (κ1) is 20.4. The fourth-order valence-electron chi connectivity index (χ4n) is 2.93. The van der Waals surface area contributed by atoms with Crippen LogP contribution in [0.25, 0.3) is 5.69 Å². The minimum atomic E-state index is -1.34. The topological polar surface area (TPSA) is 143 Å². The van der Waals surface area contributed by atoms with Crippen molar-refractivity contribution in [3.8, 4) is 5.69 Å². The number of rotatable bonds is 5. The number of anilines is 2. The smallest absolute Gasteiger partial charge is 0.335 e. The van der Waals surface area contributed by atoms with Gasteiger partial charge in [-0.25, -0.2) is 19.1 Å². The molecule has 0 aliphatic carbocycles. The van der Waals surface area contributed by atoms with E-state index in [-0.39, 0.29) is 22.5 Å². The molecule has 0 saturated heterocycles. The van der Waals surface area contributed by atoms with E-state index in [2.05, 4.69) is 10.6 Å². The highest BCUT2D eigenvalue weighted by Crippen LogP contribution is 2.17. The highest BCUT2D eigenvalue weighted by Gasteiger charge is 2.19. The van der Waals surface area contributed by atoms with Gasteiger partial charge in [-0.1, -0.05) is 18.2 Å². The molecule has 2 aromatic carbocycles. The Morgan fingerprint density at radius 3 is 2.00 bits per heavy atom. The summed E-state index contributed by atoms with van der Waals surface area (Å²) >= 11 is 0. The predicted molar refractivity (Wildman–Crippen MR) is 109 cm³/mol. The zero-order chi connectivity index (χ0) is 22.0. The van der Waals surface area contributed by atoms with Gasteiger partial charge in [0.05, 0.1) is 22.5 Å². The molecule has 3 rings (SSSR count). The number of hydrogen-bond acceptors (Lipinski definition) is 4. The van der Waals surface area contributed by atoms with Crippen molar-refractivity contribution in [2.45, 2.75) is 6.92 Å². The van der Waals surface area contributed by atoms with Crippen molar-refractivity contribution in [2.75, 3.05) is 10.6 Å². The average molecular weight is 410 g/mol. The van der Waals surface area contributed by atoms with Gasteiger partial charge in [-0.3, -0.25) is 9.48 Å². The maximum absolute atomic E-state index is 12.8. The summed E-state index contributed by atoms with van der Waals surface area (Å²) in [6.07, 6.45) is 0. The molecule has 0 aliphatic heterocycles. The van der Waals surface area contributed by atoms with Crippen LogP contribution in [-0.4, -0.2) is 37.5 Å². The second kappa shape index (κ2) is 7.95. The first-order valence-electron chi connectivity index (χ1n) is 8.72. The first-order chi connectivity index (χ1) is 14.2. The van der Waals surface area contributed by atoms with Crippen LogP contribution in [0.15, 0.2) is 53.3 Å². The quantitative estimate of drug-likeness (QED) is 0.509. The highest BCUT2D eigenvalue weighted by molar-refractivity contribution is 6.02. The second-order valence-corrected chi connectivity index (χ2v) is 6.42. The highest BCUT2D eigenvalue weighted by atomic mass is 16.4. The molecule has 3 aromatic rings. The predicted octanol–water partition coefficient (Wildman–Crippen LogP) is 2.52. The summed E-state index contributed by atoms with van der Waals surface area (Å²) in [5.74, 6) is -2.68. The summed E-state index contributed by atoms with van der Waals surface area (Å²) in [7, 11) is 1.67. The van der Waals surface area contributed by atoms with Gasteiger partial charge < -0.3 is 20.8 Å². The van der Waals surface area contributed by atoms with E-state index < -0.39 is 23.5 Å². The Hall–Kier alpha value is -4.34. The van der Waals surface area contributed by atoms with Crippen LogP contribution < -0.4 is 16.2 Å². The summed E-state index contributed by atoms with van der Waals surface area (Å²) in [6.45, 7) is 1.66. The largest absolute Gasteiger partial charge is 0.478 e. The molecule has 0 saturated carbocycles. The van der Waals surface area contributed by atoms with Crippen LogP contribution in [0, 0.1) is 6.92 Å². The van der Waals surface area contributed by atoms with Crippen LogP contribution in [0.3, 0.4) is 0 Å². The normalized spacial score (nSPS) is 10.5. The molecule has 1 heterocycles. The van der Waals surface area contributed by atoms with E-state index in [4.69, 9.17) is 10.2 Å². The maximum atomic E-state index is 12.8. The fraction of sp³-hybridized carbons (Fsp3) is 0.100. The number of carbonyl (C=O) groups is 3. The maximum Gasteiger partial charge on any atom is 0.335 e. The van der Waals surface area contributed by atoms with Gasteiger partial charge in [-0.2, -0.15) is 0 Å². The number of para-hydroxylation sites is 1. The molecule has 4 N–H and O–H groups in total. The van der Waals surface area contributed by atoms with Gasteiger partial charge in [0, 0.05) is 12.7 Å². The van der Waals surface area contributed by atoms with Crippen molar-refractivity contribution in [1.29, 1.82) is 0 Å². The molecule has 10 heteroatoms. The van der Waals surface area contributed by atoms with Crippen LogP contribution in [0.5, 0.6) is 0 Å². The van der Waals surface area contributed by atoms with Gasteiger partial charge in [0.25, 0.3) is 5.56 Å². The van der Waals surface area contributed by atoms with Crippen LogP contribution >= 0.6 is 0 Å². The van der Waals surface area contributed by atoms with Gasteiger partial charge in [-0.05, 0) is 37.3 Å². The lowest BCUT2D eigenvalue weighted by molar-refractivity contribution is 0.0696. The van der Waals surface area contributed by atoms with E-state index >= 15 is 0 Å². The van der Waals surface area contributed by atoms with E-state index in [1.807, 2.05) is 6.07 Å². The van der Waals surface area contributed by atoms with Crippen molar-refractivity contribution >= 4 is 29.3 Å². The number of carbonyl (C=O) groups excluding carboxylic acids is 1. The van der Waals surface area contributed by atoms with Crippen LogP contribution in [0.2, 0.25) is 0 Å². The van der Waals surface area contributed by atoms with Gasteiger partial charge in [0.2, 0.25) is 0 Å². The molecule has 154 valence electrons. The number of urea groups is 1. The van der Waals surface area contributed by atoms with Crippen molar-refractivity contribution in [3.63, 3.8) is 0 Å². The lowest BCUT2D eigenvalue weighted by Crippen LogP contribution is -2.25. The van der Waals surface area contributed by atoms with Crippen LogP contribution in [-0.2, 0) is 7.05 Å². The number of nitrogens with one attached hydrogen (secondary N) is 2. The zero-order valence-corrected chi connectivity index (χ0v) is 16.0. The molecular weight excluding hydrogens is 392 g/mol. The van der Waals surface area contributed by atoms with Crippen molar-refractivity contribution in [2.24, 2.45) is 7.05 Å². The first-order valence-corrected chi connectivity index (χ1v) is 8.72. The van der Waals surface area contributed by atoms with Gasteiger partial charge in [0.15, 0.2) is 0 Å². The molecule has 0 radical (unpaired) electrons. The third-order valence-corrected chi connectivity index (χ3v) is 4.48. The lowest BCUT2D eigenvalue weighted by atomic mass is 10.1. The Labute approximate surface area is 170 Å². The average Bonchev–Trinajstić information content (AvgIpc) is 2.91. The molecule has 2 amide bonds. The molecule has 0 unspecified atom stereocenters. The summed E-state index contributed by atoms with van der Waals surface area (Å²) in [6, 6.07) is 11.3. The number of amides is 2. The Kier molecular flexibility index (Phi) is 5.41. The number of aromatic carboxylic acids is 2. The van der Waals surface area contributed by atoms with Gasteiger partial charge in [-0.15, -0.1) is 0 Å². The van der Waals surface area contributed by atoms with E-state index in [1.165, 1.54) is 4.68 Å². The number of benzene rings is 2. The molecule has 0 spiro atoms. The molecule has 10 nitrogen and oxygen atoms in total. The molecule has 1 aromatic heterocycles. The SMILES string of the molecule is Cc1c(NC(=O)Nc2cc(C(=O)O)cc(C(=O)O)c2)c(=O)n(-c2ccccc2)n1C. The Morgan fingerprint density at radius 1 is 0.900 bits per heavy atom. The monoisotopic (exact) mass is 410 g/mol. The van der Waals surface area contributed by atoms with Crippen LogP contribution in [0.4, 0.5) is 16.2 Å². The Balaban J connectivity index is 1.90. The van der Waals surface area contributed by atoms with E-state index in [0.717, 1.165) is 18.2 Å². The standard InChI is InChI=1S/C20H18N4O6/c1-11-16(17(25)24(23(11)2)15-6-4-3-5-7-15)22-20(30)21-14-9-12(18(26)27)8-13(10-14)19(28)29/h3-10H,1-2H3,(H,26,27)(H,28,29)(H2,21,22,30). The number of carboxylic acid groups (broad SMARTS) is 2. The molecule has 0 fully saturated rings. The van der Waals surface area contributed by atoms with Gasteiger partial charge >= 0.3 is 18.0 Å². The molecule has 0 atom stereocenters. The Bertz CT molecular complexity index is 1180.